The molecule has 1 aliphatic rings. The molecule has 0 aromatic heterocycles. The molecule has 1 heterocycles. The Morgan fingerprint density at radius 1 is 0.941 bits per heavy atom. The number of fused-ring (bicyclic) bond motifs is 1. The van der Waals surface area contributed by atoms with Gasteiger partial charge < -0.3 is 18.9 Å². The molecule has 0 radical (unpaired) electrons. The molecule has 4 rings (SSSR count). The summed E-state index contributed by atoms with van der Waals surface area (Å²) in [5.41, 5.74) is -0.339. The molecule has 0 unspecified atom stereocenters. The third-order valence-corrected chi connectivity index (χ3v) is 5.00. The lowest BCUT2D eigenvalue weighted by Gasteiger charge is -2.16. The number of allylic oxidation sites excluding steroid dienone is 1. The van der Waals surface area contributed by atoms with Gasteiger partial charge >= 0.3 is 6.18 Å². The standard InChI is InChI=1S/C25H16F3NO5/c1-31-16-5-6-17-21(12-16)34-23(24(17)30)11-14-3-8-20(22(10-14)32-2)33-19-7-4-15(13-29)9-18(19)25(26,27)28/h3-12H,1-2H3. The lowest BCUT2D eigenvalue weighted by atomic mass is 10.1. The fraction of sp³-hybridized carbons (Fsp3) is 0.120. The van der Waals surface area contributed by atoms with Crippen molar-refractivity contribution in [3.63, 3.8) is 0 Å². The molecule has 34 heavy (non-hydrogen) atoms. The van der Waals surface area contributed by atoms with Gasteiger partial charge in [0.15, 0.2) is 17.3 Å². The molecule has 1 aliphatic heterocycles. The highest BCUT2D eigenvalue weighted by Crippen LogP contribution is 2.41. The summed E-state index contributed by atoms with van der Waals surface area (Å²) in [5, 5.41) is 8.92. The number of hydrogen-bond acceptors (Lipinski definition) is 6. The van der Waals surface area contributed by atoms with Crippen LogP contribution in [0, 0.1) is 11.3 Å². The Morgan fingerprint density at radius 2 is 1.71 bits per heavy atom. The zero-order valence-electron chi connectivity index (χ0n) is 17.9. The Morgan fingerprint density at radius 3 is 2.38 bits per heavy atom. The fourth-order valence-electron chi connectivity index (χ4n) is 3.33. The average Bonchev–Trinajstić information content (AvgIpc) is 3.13. The number of carbonyl (C=O) groups excluding carboxylic acids is 1. The van der Waals surface area contributed by atoms with E-state index in [0.717, 1.165) is 12.1 Å². The fourth-order valence-corrected chi connectivity index (χ4v) is 3.33. The second-order valence-electron chi connectivity index (χ2n) is 7.13. The molecular formula is C25H16F3NO5. The van der Waals surface area contributed by atoms with E-state index in [9.17, 15) is 18.0 Å². The topological polar surface area (TPSA) is 77.8 Å². The summed E-state index contributed by atoms with van der Waals surface area (Å²) in [6.07, 6.45) is -3.23. The lowest BCUT2D eigenvalue weighted by Crippen LogP contribution is -2.08. The molecule has 0 N–H and O–H groups in total. The van der Waals surface area contributed by atoms with E-state index in [0.29, 0.717) is 22.6 Å². The summed E-state index contributed by atoms with van der Waals surface area (Å²) in [6.45, 7) is 0. The highest BCUT2D eigenvalue weighted by Gasteiger charge is 2.35. The van der Waals surface area contributed by atoms with E-state index in [4.69, 9.17) is 24.2 Å². The number of ether oxygens (including phenoxy) is 4. The van der Waals surface area contributed by atoms with E-state index < -0.39 is 17.5 Å². The van der Waals surface area contributed by atoms with Gasteiger partial charge in [-0.15, -0.1) is 0 Å². The van der Waals surface area contributed by atoms with Crippen molar-refractivity contribution in [2.24, 2.45) is 0 Å². The van der Waals surface area contributed by atoms with Gasteiger partial charge in [0.05, 0.1) is 37.0 Å². The number of alkyl halides is 3. The molecule has 0 amide bonds. The molecule has 0 atom stereocenters. The van der Waals surface area contributed by atoms with Gasteiger partial charge in [0.2, 0.25) is 5.78 Å². The van der Waals surface area contributed by atoms with Crippen molar-refractivity contribution in [1.29, 1.82) is 5.26 Å². The number of hydrogen-bond donors (Lipinski definition) is 0. The second-order valence-corrected chi connectivity index (χ2v) is 7.13. The first-order chi connectivity index (χ1) is 16.2. The number of rotatable bonds is 5. The first kappa shape index (κ1) is 22.7. The maximum Gasteiger partial charge on any atom is 0.420 e. The smallest absolute Gasteiger partial charge is 0.420 e. The molecule has 6 nitrogen and oxygen atoms in total. The summed E-state index contributed by atoms with van der Waals surface area (Å²) < 4.78 is 61.9. The largest absolute Gasteiger partial charge is 0.497 e. The van der Waals surface area contributed by atoms with Crippen molar-refractivity contribution in [2.75, 3.05) is 14.2 Å². The van der Waals surface area contributed by atoms with Crippen LogP contribution < -0.4 is 18.9 Å². The van der Waals surface area contributed by atoms with E-state index in [1.807, 2.05) is 0 Å². The molecule has 3 aromatic rings. The van der Waals surface area contributed by atoms with Crippen LogP contribution in [0.15, 0.2) is 60.4 Å². The maximum atomic E-state index is 13.5. The van der Waals surface area contributed by atoms with Crippen LogP contribution in [0.3, 0.4) is 0 Å². The molecule has 0 fully saturated rings. The van der Waals surface area contributed by atoms with Crippen molar-refractivity contribution < 1.29 is 36.9 Å². The predicted octanol–water partition coefficient (Wildman–Crippen LogP) is 6.00. The van der Waals surface area contributed by atoms with Crippen LogP contribution in [-0.4, -0.2) is 20.0 Å². The van der Waals surface area contributed by atoms with Crippen LogP contribution >= 0.6 is 0 Å². The van der Waals surface area contributed by atoms with Crippen LogP contribution in [0.4, 0.5) is 13.2 Å². The molecule has 0 saturated carbocycles. The third kappa shape index (κ3) is 4.38. The minimum absolute atomic E-state index is 0.0200. The SMILES string of the molecule is COc1ccc2c(c1)OC(=Cc1ccc(Oc3ccc(C#N)cc3C(F)(F)F)c(OC)c1)C2=O. The van der Waals surface area contributed by atoms with Crippen molar-refractivity contribution >= 4 is 11.9 Å². The van der Waals surface area contributed by atoms with Gasteiger partial charge in [-0.05, 0) is 54.1 Å². The summed E-state index contributed by atoms with van der Waals surface area (Å²) in [6, 6.07) is 14.0. The van der Waals surface area contributed by atoms with Gasteiger partial charge in [-0.2, -0.15) is 18.4 Å². The van der Waals surface area contributed by atoms with E-state index in [1.165, 1.54) is 38.5 Å². The van der Waals surface area contributed by atoms with Crippen LogP contribution in [0.2, 0.25) is 0 Å². The molecule has 0 saturated heterocycles. The molecule has 9 heteroatoms. The molecule has 0 aliphatic carbocycles. The number of carbonyl (C=O) groups is 1. The zero-order valence-corrected chi connectivity index (χ0v) is 17.9. The van der Waals surface area contributed by atoms with Gasteiger partial charge in [0.25, 0.3) is 0 Å². The normalized spacial score (nSPS) is 13.8. The Hall–Kier alpha value is -4.45. The summed E-state index contributed by atoms with van der Waals surface area (Å²) in [7, 11) is 2.84. The number of ketones is 1. The van der Waals surface area contributed by atoms with Crippen LogP contribution in [0.5, 0.6) is 28.7 Å². The summed E-state index contributed by atoms with van der Waals surface area (Å²) in [4.78, 5) is 12.6. The number of benzene rings is 3. The van der Waals surface area contributed by atoms with Crippen molar-refractivity contribution in [2.45, 2.75) is 6.18 Å². The summed E-state index contributed by atoms with van der Waals surface area (Å²) in [5.74, 6) is 0.340. The average molecular weight is 467 g/mol. The molecule has 0 spiro atoms. The highest BCUT2D eigenvalue weighted by molar-refractivity contribution is 6.14. The van der Waals surface area contributed by atoms with Gasteiger partial charge in [0, 0.05) is 6.07 Å². The van der Waals surface area contributed by atoms with Crippen LogP contribution in [-0.2, 0) is 6.18 Å². The third-order valence-electron chi connectivity index (χ3n) is 5.00. The molecule has 3 aromatic carbocycles. The molecular weight excluding hydrogens is 451 g/mol. The lowest BCUT2D eigenvalue weighted by molar-refractivity contribution is -0.138. The Labute approximate surface area is 192 Å². The summed E-state index contributed by atoms with van der Waals surface area (Å²) >= 11 is 0. The molecule has 172 valence electrons. The second kappa shape index (κ2) is 8.83. The quantitative estimate of drug-likeness (QED) is 0.428. The van der Waals surface area contributed by atoms with Gasteiger partial charge in [-0.1, -0.05) is 6.07 Å². The van der Waals surface area contributed by atoms with E-state index in [-0.39, 0.29) is 28.6 Å². The Bertz CT molecular complexity index is 1360. The van der Waals surface area contributed by atoms with Gasteiger partial charge in [-0.25, -0.2) is 0 Å². The van der Waals surface area contributed by atoms with E-state index >= 15 is 0 Å². The van der Waals surface area contributed by atoms with E-state index in [1.54, 1.807) is 30.3 Å². The van der Waals surface area contributed by atoms with Crippen molar-refractivity contribution in [3.8, 4) is 34.8 Å². The molecule has 0 bridgehead atoms. The van der Waals surface area contributed by atoms with Crippen LogP contribution in [0.25, 0.3) is 6.08 Å². The highest BCUT2D eigenvalue weighted by atomic mass is 19.4. The minimum Gasteiger partial charge on any atom is -0.497 e. The Balaban J connectivity index is 1.64. The first-order valence-electron chi connectivity index (χ1n) is 9.83. The van der Waals surface area contributed by atoms with Crippen molar-refractivity contribution in [1.82, 2.24) is 0 Å². The number of nitriles is 1. The minimum atomic E-state index is -4.72. The van der Waals surface area contributed by atoms with Crippen LogP contribution in [0.1, 0.15) is 27.0 Å². The van der Waals surface area contributed by atoms with E-state index in [2.05, 4.69) is 0 Å². The first-order valence-corrected chi connectivity index (χ1v) is 9.83. The number of Topliss-reactive ketones (excluding diaryl/α,β-unsaturated/α-hetero) is 1. The van der Waals surface area contributed by atoms with Crippen molar-refractivity contribution in [3.05, 3.63) is 82.6 Å². The monoisotopic (exact) mass is 467 g/mol. The maximum absolute atomic E-state index is 13.5. The number of methoxy groups -OCH3 is 2. The number of halogens is 3. The van der Waals surface area contributed by atoms with Gasteiger partial charge in [0.1, 0.15) is 17.2 Å². The van der Waals surface area contributed by atoms with Gasteiger partial charge in [-0.3, -0.25) is 4.79 Å². The predicted molar refractivity (Wildman–Crippen MR) is 115 cm³/mol. The zero-order chi connectivity index (χ0) is 24.5. The Kier molecular flexibility index (Phi) is 5.90. The number of nitrogens with zero attached hydrogens (tertiary/aromatic N) is 1.